The Hall–Kier alpha value is -0.120. The fourth-order valence-electron chi connectivity index (χ4n) is 3.27. The summed E-state index contributed by atoms with van der Waals surface area (Å²) in [6, 6.07) is 0.600. The lowest BCUT2D eigenvalue weighted by molar-refractivity contribution is 0.144. The number of hydrogen-bond acceptors (Lipinski definition) is 3. The summed E-state index contributed by atoms with van der Waals surface area (Å²) in [5.74, 6) is 0.795. The van der Waals surface area contributed by atoms with Crippen LogP contribution in [-0.2, 0) is 0 Å². The van der Waals surface area contributed by atoms with Gasteiger partial charge in [0.2, 0.25) is 0 Å². The molecule has 2 N–H and O–H groups in total. The lowest BCUT2D eigenvalue weighted by atomic mass is 9.86. The van der Waals surface area contributed by atoms with E-state index >= 15 is 0 Å². The van der Waals surface area contributed by atoms with Gasteiger partial charge in [0, 0.05) is 25.7 Å². The summed E-state index contributed by atoms with van der Waals surface area (Å²) in [7, 11) is 0. The molecule has 0 aromatic rings. The van der Waals surface area contributed by atoms with Crippen LogP contribution in [0.1, 0.15) is 59.8 Å². The summed E-state index contributed by atoms with van der Waals surface area (Å²) in [5.41, 5.74) is 0.286. The predicted octanol–water partition coefficient (Wildman–Crippen LogP) is 2.89. The molecule has 2 unspecified atom stereocenters. The molecule has 0 spiro atoms. The van der Waals surface area contributed by atoms with Gasteiger partial charge in [-0.15, -0.1) is 0 Å². The molecule has 1 aliphatic rings. The molecule has 0 amide bonds. The topological polar surface area (TPSA) is 35.5 Å². The van der Waals surface area contributed by atoms with Crippen LogP contribution in [0.2, 0.25) is 0 Å². The van der Waals surface area contributed by atoms with Crippen molar-refractivity contribution in [1.82, 2.24) is 10.2 Å². The van der Waals surface area contributed by atoms with E-state index in [4.69, 9.17) is 5.11 Å². The van der Waals surface area contributed by atoms with Gasteiger partial charge in [0.1, 0.15) is 0 Å². The first-order chi connectivity index (χ1) is 9.48. The second-order valence-electron chi connectivity index (χ2n) is 7.36. The molecule has 1 saturated heterocycles. The Balaban J connectivity index is 2.32. The van der Waals surface area contributed by atoms with Crippen molar-refractivity contribution in [3.8, 4) is 0 Å². The van der Waals surface area contributed by atoms with Crippen LogP contribution in [0.15, 0.2) is 0 Å². The number of piperidine rings is 1. The van der Waals surface area contributed by atoms with Crippen LogP contribution in [0, 0.1) is 11.3 Å². The largest absolute Gasteiger partial charge is 0.396 e. The van der Waals surface area contributed by atoms with Gasteiger partial charge in [-0.3, -0.25) is 0 Å². The van der Waals surface area contributed by atoms with Crippen LogP contribution in [0.3, 0.4) is 0 Å². The maximum Gasteiger partial charge on any atom is 0.0431 e. The molecule has 0 bridgehead atoms. The van der Waals surface area contributed by atoms with Crippen molar-refractivity contribution < 1.29 is 5.11 Å². The molecule has 3 nitrogen and oxygen atoms in total. The number of likely N-dealkylation sites (tertiary alicyclic amines) is 1. The fourth-order valence-corrected chi connectivity index (χ4v) is 3.27. The molecule has 1 rings (SSSR count). The van der Waals surface area contributed by atoms with Crippen molar-refractivity contribution in [2.24, 2.45) is 11.3 Å². The molecule has 1 fully saturated rings. The van der Waals surface area contributed by atoms with Crippen LogP contribution in [0.5, 0.6) is 0 Å². The summed E-state index contributed by atoms with van der Waals surface area (Å²) >= 11 is 0. The van der Waals surface area contributed by atoms with Crippen molar-refractivity contribution in [2.45, 2.75) is 65.8 Å². The summed E-state index contributed by atoms with van der Waals surface area (Å²) in [4.78, 5) is 2.63. The van der Waals surface area contributed by atoms with Crippen LogP contribution in [0.4, 0.5) is 0 Å². The summed E-state index contributed by atoms with van der Waals surface area (Å²) in [6.07, 6.45) is 5.99. The average Bonchev–Trinajstić information content (AvgIpc) is 2.43. The van der Waals surface area contributed by atoms with Gasteiger partial charge in [0.25, 0.3) is 0 Å². The third-order valence-electron chi connectivity index (χ3n) is 4.70. The number of hydrogen-bond donors (Lipinski definition) is 2. The lowest BCUT2D eigenvalue weighted by Crippen LogP contribution is -2.46. The van der Waals surface area contributed by atoms with Gasteiger partial charge in [0.05, 0.1) is 0 Å². The highest BCUT2D eigenvalue weighted by molar-refractivity contribution is 4.82. The SMILES string of the molecule is CCCN1CCCC(C(C)NCC(C)(C)CCCO)C1. The summed E-state index contributed by atoms with van der Waals surface area (Å²) < 4.78 is 0. The van der Waals surface area contributed by atoms with Gasteiger partial charge in [-0.1, -0.05) is 20.8 Å². The Bertz CT molecular complexity index is 253. The van der Waals surface area contributed by atoms with Crippen molar-refractivity contribution >= 4 is 0 Å². The fraction of sp³-hybridized carbons (Fsp3) is 1.00. The van der Waals surface area contributed by atoms with Crippen LogP contribution < -0.4 is 5.32 Å². The predicted molar refractivity (Wildman–Crippen MR) is 87.0 cm³/mol. The maximum atomic E-state index is 8.96. The number of rotatable bonds is 9. The Morgan fingerprint density at radius 3 is 2.80 bits per heavy atom. The Kier molecular flexibility index (Phi) is 8.08. The zero-order valence-corrected chi connectivity index (χ0v) is 14.1. The van der Waals surface area contributed by atoms with Gasteiger partial charge in [-0.05, 0) is 63.5 Å². The van der Waals surface area contributed by atoms with Crippen LogP contribution in [0.25, 0.3) is 0 Å². The minimum atomic E-state index is 0.286. The standard InChI is InChI=1S/C17H36N2O/c1-5-10-19-11-6-8-16(13-19)15(2)18-14-17(3,4)9-7-12-20/h15-16,18,20H,5-14H2,1-4H3. The van der Waals surface area contributed by atoms with E-state index in [2.05, 4.69) is 37.9 Å². The Morgan fingerprint density at radius 2 is 2.15 bits per heavy atom. The summed E-state index contributed by atoms with van der Waals surface area (Å²) in [6.45, 7) is 14.4. The zero-order valence-electron chi connectivity index (χ0n) is 14.1. The quantitative estimate of drug-likeness (QED) is 0.683. The van der Waals surface area contributed by atoms with E-state index in [1.54, 1.807) is 0 Å². The van der Waals surface area contributed by atoms with E-state index < -0.39 is 0 Å². The molecule has 1 aliphatic heterocycles. The number of aliphatic hydroxyl groups is 1. The minimum Gasteiger partial charge on any atom is -0.396 e. The van der Waals surface area contributed by atoms with E-state index in [0.29, 0.717) is 12.6 Å². The van der Waals surface area contributed by atoms with Crippen LogP contribution in [-0.4, -0.2) is 48.8 Å². The average molecular weight is 284 g/mol. The first-order valence-electron chi connectivity index (χ1n) is 8.55. The third kappa shape index (κ3) is 6.55. The molecule has 0 aliphatic carbocycles. The minimum absolute atomic E-state index is 0.286. The lowest BCUT2D eigenvalue weighted by Gasteiger charge is -2.37. The van der Waals surface area contributed by atoms with E-state index in [-0.39, 0.29) is 5.41 Å². The second-order valence-corrected chi connectivity index (χ2v) is 7.36. The Labute approximate surface area is 126 Å². The zero-order chi connectivity index (χ0) is 15.0. The highest BCUT2D eigenvalue weighted by Crippen LogP contribution is 2.23. The number of nitrogens with one attached hydrogen (secondary N) is 1. The molecule has 0 aromatic heterocycles. The monoisotopic (exact) mass is 284 g/mol. The molecule has 0 saturated carbocycles. The van der Waals surface area contributed by atoms with Gasteiger partial charge >= 0.3 is 0 Å². The van der Waals surface area contributed by atoms with E-state index in [1.807, 2.05) is 0 Å². The molecule has 20 heavy (non-hydrogen) atoms. The highest BCUT2D eigenvalue weighted by Gasteiger charge is 2.25. The normalized spacial score (nSPS) is 22.9. The first-order valence-corrected chi connectivity index (χ1v) is 8.55. The molecule has 0 radical (unpaired) electrons. The van der Waals surface area contributed by atoms with Crippen molar-refractivity contribution in [3.05, 3.63) is 0 Å². The van der Waals surface area contributed by atoms with Gasteiger partial charge < -0.3 is 15.3 Å². The van der Waals surface area contributed by atoms with E-state index in [1.165, 1.54) is 38.9 Å². The first kappa shape index (κ1) is 17.9. The van der Waals surface area contributed by atoms with Crippen molar-refractivity contribution in [1.29, 1.82) is 0 Å². The van der Waals surface area contributed by atoms with Gasteiger partial charge in [-0.2, -0.15) is 0 Å². The van der Waals surface area contributed by atoms with Crippen LogP contribution >= 0.6 is 0 Å². The van der Waals surface area contributed by atoms with Crippen molar-refractivity contribution in [3.63, 3.8) is 0 Å². The molecule has 120 valence electrons. The molecule has 1 heterocycles. The maximum absolute atomic E-state index is 8.96. The molecular formula is C17H36N2O. The Morgan fingerprint density at radius 1 is 1.40 bits per heavy atom. The molecule has 2 atom stereocenters. The summed E-state index contributed by atoms with van der Waals surface area (Å²) in [5, 5.41) is 12.7. The smallest absolute Gasteiger partial charge is 0.0431 e. The van der Waals surface area contributed by atoms with E-state index in [9.17, 15) is 0 Å². The van der Waals surface area contributed by atoms with Gasteiger partial charge in [-0.25, -0.2) is 0 Å². The van der Waals surface area contributed by atoms with E-state index in [0.717, 1.165) is 25.3 Å². The molecule has 0 aromatic carbocycles. The molecular weight excluding hydrogens is 248 g/mol. The number of aliphatic hydroxyl groups excluding tert-OH is 1. The number of nitrogens with zero attached hydrogens (tertiary/aromatic N) is 1. The second kappa shape index (κ2) is 9.01. The molecule has 3 heteroatoms. The van der Waals surface area contributed by atoms with Gasteiger partial charge in [0.15, 0.2) is 0 Å². The highest BCUT2D eigenvalue weighted by atomic mass is 16.2. The third-order valence-corrected chi connectivity index (χ3v) is 4.70. The van der Waals surface area contributed by atoms with Crippen molar-refractivity contribution in [2.75, 3.05) is 32.8 Å².